The zero-order valence-corrected chi connectivity index (χ0v) is 20.4. The smallest absolute Gasteiger partial charge is 0.307 e. The number of nitrogens with one attached hydrogen (secondary N) is 1. The van der Waals surface area contributed by atoms with Crippen molar-refractivity contribution in [3.8, 4) is 11.4 Å². The van der Waals surface area contributed by atoms with Gasteiger partial charge in [0.25, 0.3) is 0 Å². The van der Waals surface area contributed by atoms with Gasteiger partial charge in [0.05, 0.1) is 29.2 Å². The number of imidazole rings is 1. The third kappa shape index (κ3) is 4.17. The molecule has 1 aliphatic heterocycles. The molecule has 3 atom stereocenters. The van der Waals surface area contributed by atoms with Gasteiger partial charge in [-0.1, -0.05) is 18.7 Å². The number of fused-ring (bicyclic) bond motifs is 2. The van der Waals surface area contributed by atoms with Crippen molar-refractivity contribution in [3.05, 3.63) is 54.7 Å². The molecule has 3 fully saturated rings. The zero-order valence-electron chi connectivity index (χ0n) is 20.4. The number of carboxylic acid groups (broad SMARTS) is 1. The van der Waals surface area contributed by atoms with Crippen molar-refractivity contribution >= 4 is 22.8 Å². The Morgan fingerprint density at radius 3 is 2.61 bits per heavy atom. The number of ether oxygens (including phenoxy) is 1. The molecule has 0 radical (unpaired) electrons. The summed E-state index contributed by atoms with van der Waals surface area (Å²) in [5, 5.41) is 9.19. The number of carbonyl (C=O) groups is 1. The van der Waals surface area contributed by atoms with Crippen molar-refractivity contribution in [2.45, 2.75) is 50.5 Å². The number of benzene rings is 1. The molecule has 0 amide bonds. The lowest BCUT2D eigenvalue weighted by molar-refractivity contribution is -0.139. The summed E-state index contributed by atoms with van der Waals surface area (Å²) >= 11 is 0. The Balaban J connectivity index is 1.05. The molecular formula is C28H31FN4O3. The van der Waals surface area contributed by atoms with Crippen LogP contribution in [0.1, 0.15) is 38.2 Å². The van der Waals surface area contributed by atoms with E-state index < -0.39 is 11.6 Å². The number of anilines is 1. The molecule has 2 saturated carbocycles. The Hall–Kier alpha value is -3.26. The topological polar surface area (TPSA) is 91.3 Å². The van der Waals surface area contributed by atoms with Crippen molar-refractivity contribution in [2.75, 3.05) is 18.0 Å². The van der Waals surface area contributed by atoms with E-state index >= 15 is 0 Å². The van der Waals surface area contributed by atoms with Gasteiger partial charge in [0.1, 0.15) is 11.6 Å². The highest BCUT2D eigenvalue weighted by Gasteiger charge is 2.60. The number of aromatic nitrogens is 3. The maximum absolute atomic E-state index is 14.6. The lowest BCUT2D eigenvalue weighted by atomic mass is 9.98. The van der Waals surface area contributed by atoms with Crippen LogP contribution >= 0.6 is 0 Å². The Morgan fingerprint density at radius 2 is 1.97 bits per heavy atom. The number of pyridine rings is 1. The highest BCUT2D eigenvalue weighted by molar-refractivity contribution is 5.80. The molecule has 7 nitrogen and oxygen atoms in total. The van der Waals surface area contributed by atoms with E-state index in [0.29, 0.717) is 23.2 Å². The summed E-state index contributed by atoms with van der Waals surface area (Å²) in [5.74, 6) is 1.53. The van der Waals surface area contributed by atoms with Gasteiger partial charge in [-0.25, -0.2) is 14.4 Å². The number of hydrogen-bond acceptors (Lipinski definition) is 5. The Morgan fingerprint density at radius 1 is 1.22 bits per heavy atom. The van der Waals surface area contributed by atoms with Gasteiger partial charge in [0, 0.05) is 24.8 Å². The number of halogens is 1. The average Bonchev–Trinajstić information content (AvgIpc) is 3.19. The first kappa shape index (κ1) is 23.2. The minimum Gasteiger partial charge on any atom is -0.481 e. The van der Waals surface area contributed by atoms with E-state index in [4.69, 9.17) is 4.74 Å². The predicted molar refractivity (Wildman–Crippen MR) is 135 cm³/mol. The fourth-order valence-corrected chi connectivity index (χ4v) is 6.04. The summed E-state index contributed by atoms with van der Waals surface area (Å²) in [5.41, 5.74) is 1.37. The summed E-state index contributed by atoms with van der Waals surface area (Å²) in [6, 6.07) is 9.36. The first-order chi connectivity index (χ1) is 17.3. The number of aromatic amines is 1. The van der Waals surface area contributed by atoms with E-state index in [2.05, 4.69) is 26.4 Å². The number of piperidine rings is 1. The van der Waals surface area contributed by atoms with Crippen molar-refractivity contribution in [1.82, 2.24) is 15.0 Å². The third-order valence-electron chi connectivity index (χ3n) is 8.29. The summed E-state index contributed by atoms with van der Waals surface area (Å²) in [4.78, 5) is 26.1. The fraction of sp³-hybridized carbons (Fsp3) is 0.464. The van der Waals surface area contributed by atoms with Gasteiger partial charge in [-0.05, 0) is 74.3 Å². The van der Waals surface area contributed by atoms with Crippen LogP contribution in [0.5, 0.6) is 0 Å². The molecule has 8 heteroatoms. The summed E-state index contributed by atoms with van der Waals surface area (Å²) < 4.78 is 20.9. The summed E-state index contributed by atoms with van der Waals surface area (Å²) in [6.07, 6.45) is 7.27. The molecule has 2 aromatic heterocycles. The first-order valence-corrected chi connectivity index (χ1v) is 12.7. The molecule has 6 rings (SSSR count). The number of H-pyrrole nitrogens is 1. The predicted octanol–water partition coefficient (Wildman–Crippen LogP) is 5.09. The third-order valence-corrected chi connectivity index (χ3v) is 8.29. The quantitative estimate of drug-likeness (QED) is 0.448. The van der Waals surface area contributed by atoms with Gasteiger partial charge in [0.2, 0.25) is 0 Å². The van der Waals surface area contributed by atoms with Crippen LogP contribution in [0.15, 0.2) is 49.2 Å². The lowest BCUT2D eigenvalue weighted by Gasteiger charge is -2.34. The molecular weight excluding hydrogens is 459 g/mol. The van der Waals surface area contributed by atoms with Crippen LogP contribution in [0.25, 0.3) is 22.4 Å². The van der Waals surface area contributed by atoms with Crippen molar-refractivity contribution < 1.29 is 19.0 Å². The molecule has 3 aliphatic rings. The molecule has 3 heterocycles. The van der Waals surface area contributed by atoms with Crippen LogP contribution in [0.3, 0.4) is 0 Å². The number of carboxylic acids is 1. The average molecular weight is 491 g/mol. The number of allylic oxidation sites excluding steroid dienone is 1. The number of alkyl halides is 1. The molecule has 2 aliphatic carbocycles. The largest absolute Gasteiger partial charge is 0.481 e. The zero-order chi connectivity index (χ0) is 25.0. The summed E-state index contributed by atoms with van der Waals surface area (Å²) in [7, 11) is 0. The van der Waals surface area contributed by atoms with Crippen LogP contribution in [0.4, 0.5) is 10.2 Å². The van der Waals surface area contributed by atoms with Crippen molar-refractivity contribution in [2.24, 2.45) is 17.8 Å². The van der Waals surface area contributed by atoms with E-state index in [1.807, 2.05) is 24.4 Å². The molecule has 0 bridgehead atoms. The molecule has 1 aromatic carbocycles. The van der Waals surface area contributed by atoms with E-state index in [0.717, 1.165) is 61.2 Å². The minimum atomic E-state index is -1.60. The Labute approximate surface area is 209 Å². The van der Waals surface area contributed by atoms with Gasteiger partial charge in [-0.3, -0.25) is 4.79 Å². The molecule has 36 heavy (non-hydrogen) atoms. The lowest BCUT2D eigenvalue weighted by Crippen LogP contribution is -2.38. The van der Waals surface area contributed by atoms with Gasteiger partial charge in [0.15, 0.2) is 5.67 Å². The van der Waals surface area contributed by atoms with E-state index in [1.165, 1.54) is 13.0 Å². The Bertz CT molecular complexity index is 1280. The molecule has 3 unspecified atom stereocenters. The molecule has 1 saturated heterocycles. The molecule has 188 valence electrons. The number of hydrogen-bond donors (Lipinski definition) is 2. The number of aliphatic carboxylic acids is 1. The second kappa shape index (κ2) is 8.69. The highest BCUT2D eigenvalue weighted by atomic mass is 19.1. The number of rotatable bonds is 7. The van der Waals surface area contributed by atoms with Crippen LogP contribution in [-0.2, 0) is 15.2 Å². The monoisotopic (exact) mass is 490 g/mol. The van der Waals surface area contributed by atoms with E-state index in [1.54, 1.807) is 12.1 Å². The van der Waals surface area contributed by atoms with E-state index in [-0.39, 0.29) is 18.1 Å². The maximum atomic E-state index is 14.6. The second-order valence-electron chi connectivity index (χ2n) is 10.6. The summed E-state index contributed by atoms with van der Waals surface area (Å²) in [6.45, 7) is 6.84. The standard InChI is InChI=1S/C28H31FN4O3/c1-3-28(2,29)17-5-6-22-23(12-17)32-26(31-22)16-4-7-24(30-15-16)33-10-8-18(9-11-33)36-19-13-20-21(14-19)25(20)27(34)35/h3-7,12,15,18-21,25H,1,8-11,13-14H2,2H3,(H,31,32)(H,34,35). The van der Waals surface area contributed by atoms with Gasteiger partial charge < -0.3 is 19.7 Å². The second-order valence-corrected chi connectivity index (χ2v) is 10.6. The van der Waals surface area contributed by atoms with Crippen molar-refractivity contribution in [1.29, 1.82) is 0 Å². The SMILES string of the molecule is C=CC(C)(F)c1ccc2nc(-c3ccc(N4CCC(OC5CC6C(C5)C6C(=O)O)CC4)nc3)[nH]c2c1. The maximum Gasteiger partial charge on any atom is 0.307 e. The highest BCUT2D eigenvalue weighted by Crippen LogP contribution is 2.58. The first-order valence-electron chi connectivity index (χ1n) is 12.7. The van der Waals surface area contributed by atoms with Crippen LogP contribution < -0.4 is 4.90 Å². The van der Waals surface area contributed by atoms with Crippen LogP contribution in [0.2, 0.25) is 0 Å². The normalized spacial score (nSPS) is 27.6. The van der Waals surface area contributed by atoms with Gasteiger partial charge >= 0.3 is 5.97 Å². The van der Waals surface area contributed by atoms with Crippen LogP contribution in [-0.4, -0.2) is 51.3 Å². The van der Waals surface area contributed by atoms with Crippen LogP contribution in [0, 0.1) is 17.8 Å². The molecule has 0 spiro atoms. The van der Waals surface area contributed by atoms with E-state index in [9.17, 15) is 14.3 Å². The fourth-order valence-electron chi connectivity index (χ4n) is 6.04. The van der Waals surface area contributed by atoms with Gasteiger partial charge in [-0.2, -0.15) is 0 Å². The Kier molecular flexibility index (Phi) is 5.59. The van der Waals surface area contributed by atoms with Gasteiger partial charge in [-0.15, -0.1) is 0 Å². The minimum absolute atomic E-state index is 0.124. The van der Waals surface area contributed by atoms with Crippen molar-refractivity contribution in [3.63, 3.8) is 0 Å². The number of nitrogens with zero attached hydrogens (tertiary/aromatic N) is 3. The molecule has 2 N–H and O–H groups in total. The molecule has 3 aromatic rings.